The molecule has 0 nitrogen and oxygen atoms in total. The summed E-state index contributed by atoms with van der Waals surface area (Å²) in [5.41, 5.74) is 3.68. The van der Waals surface area contributed by atoms with Crippen molar-refractivity contribution < 1.29 is 0 Å². The zero-order valence-corrected chi connectivity index (χ0v) is 11.1. The Bertz CT molecular complexity index is 266. The number of hydrogen-bond donors (Lipinski definition) is 0. The fourth-order valence-corrected chi connectivity index (χ4v) is 2.12. The zero-order chi connectivity index (χ0) is 11.5. The van der Waals surface area contributed by atoms with E-state index in [2.05, 4.69) is 46.8 Å². The van der Waals surface area contributed by atoms with Crippen LogP contribution in [0.3, 0.4) is 0 Å². The summed E-state index contributed by atoms with van der Waals surface area (Å²) >= 11 is 0. The summed E-state index contributed by atoms with van der Waals surface area (Å²) in [4.78, 5) is 0. The highest BCUT2D eigenvalue weighted by molar-refractivity contribution is 5.28. The van der Waals surface area contributed by atoms with E-state index < -0.39 is 0 Å². The fourth-order valence-electron chi connectivity index (χ4n) is 2.12. The van der Waals surface area contributed by atoms with Crippen molar-refractivity contribution >= 4 is 0 Å². The molecule has 0 N–H and O–H groups in total. The van der Waals surface area contributed by atoms with E-state index >= 15 is 0 Å². The molecular weight excluding hydrogens is 180 g/mol. The lowest BCUT2D eigenvalue weighted by molar-refractivity contribution is 0.409. The SMILES string of the molecule is CCC(C)C1=CC=C(C(C)(C)CC)CC1. The third kappa shape index (κ3) is 2.96. The Labute approximate surface area is 95.5 Å². The van der Waals surface area contributed by atoms with E-state index in [9.17, 15) is 0 Å². The van der Waals surface area contributed by atoms with Crippen molar-refractivity contribution in [2.24, 2.45) is 11.3 Å². The van der Waals surface area contributed by atoms with Gasteiger partial charge in [0, 0.05) is 0 Å². The van der Waals surface area contributed by atoms with Gasteiger partial charge in [0.05, 0.1) is 0 Å². The standard InChI is InChI=1S/C15H26/c1-6-12(3)13-8-10-14(11-9-13)15(4,5)7-2/h8,10,12H,6-7,9,11H2,1-5H3. The van der Waals surface area contributed by atoms with Gasteiger partial charge in [-0.05, 0) is 37.0 Å². The van der Waals surface area contributed by atoms with Gasteiger partial charge in [-0.2, -0.15) is 0 Å². The molecule has 0 aromatic rings. The Kier molecular flexibility index (Phi) is 4.19. The van der Waals surface area contributed by atoms with Crippen LogP contribution in [0.5, 0.6) is 0 Å². The van der Waals surface area contributed by atoms with Gasteiger partial charge in [-0.25, -0.2) is 0 Å². The molecule has 1 atom stereocenters. The summed E-state index contributed by atoms with van der Waals surface area (Å²) in [6.07, 6.45) is 9.83. The van der Waals surface area contributed by atoms with Gasteiger partial charge in [0.15, 0.2) is 0 Å². The van der Waals surface area contributed by atoms with Crippen molar-refractivity contribution in [1.82, 2.24) is 0 Å². The molecule has 1 unspecified atom stereocenters. The fraction of sp³-hybridized carbons (Fsp3) is 0.733. The Morgan fingerprint density at radius 2 is 1.87 bits per heavy atom. The van der Waals surface area contributed by atoms with Crippen LogP contribution >= 0.6 is 0 Å². The van der Waals surface area contributed by atoms with E-state index in [-0.39, 0.29) is 0 Å². The van der Waals surface area contributed by atoms with Crippen molar-refractivity contribution in [2.75, 3.05) is 0 Å². The summed E-state index contributed by atoms with van der Waals surface area (Å²) < 4.78 is 0. The quantitative estimate of drug-likeness (QED) is 0.599. The molecule has 0 aromatic heterocycles. The molecule has 0 aliphatic heterocycles. The van der Waals surface area contributed by atoms with Crippen molar-refractivity contribution in [3.05, 3.63) is 23.3 Å². The molecular formula is C15H26. The maximum absolute atomic E-state index is 2.38. The molecule has 0 amide bonds. The van der Waals surface area contributed by atoms with Crippen LogP contribution < -0.4 is 0 Å². The molecule has 0 heterocycles. The lowest BCUT2D eigenvalue weighted by Crippen LogP contribution is -2.16. The van der Waals surface area contributed by atoms with Gasteiger partial charge < -0.3 is 0 Å². The van der Waals surface area contributed by atoms with Gasteiger partial charge in [0.1, 0.15) is 0 Å². The van der Waals surface area contributed by atoms with Gasteiger partial charge in [-0.3, -0.25) is 0 Å². The topological polar surface area (TPSA) is 0 Å². The van der Waals surface area contributed by atoms with E-state index in [1.165, 1.54) is 25.7 Å². The highest BCUT2D eigenvalue weighted by Crippen LogP contribution is 2.37. The summed E-state index contributed by atoms with van der Waals surface area (Å²) in [5.74, 6) is 0.771. The molecule has 0 aromatic carbocycles. The predicted molar refractivity (Wildman–Crippen MR) is 68.9 cm³/mol. The molecule has 1 aliphatic carbocycles. The van der Waals surface area contributed by atoms with Gasteiger partial charge in [0.25, 0.3) is 0 Å². The van der Waals surface area contributed by atoms with Crippen LogP contribution in [0.25, 0.3) is 0 Å². The lowest BCUT2D eigenvalue weighted by Gasteiger charge is -2.30. The summed E-state index contributed by atoms with van der Waals surface area (Å²) in [6.45, 7) is 11.6. The average Bonchev–Trinajstić information content (AvgIpc) is 2.28. The third-order valence-corrected chi connectivity index (χ3v) is 4.18. The second-order valence-electron chi connectivity index (χ2n) is 5.48. The van der Waals surface area contributed by atoms with Crippen molar-refractivity contribution in [3.63, 3.8) is 0 Å². The molecule has 0 radical (unpaired) electrons. The Hall–Kier alpha value is -0.520. The predicted octanol–water partition coefficient (Wildman–Crippen LogP) is 5.12. The minimum absolute atomic E-state index is 0.400. The first-order chi connectivity index (χ1) is 7.01. The van der Waals surface area contributed by atoms with Crippen LogP contribution in [0.15, 0.2) is 23.3 Å². The van der Waals surface area contributed by atoms with Gasteiger partial charge in [-0.1, -0.05) is 57.9 Å². The maximum Gasteiger partial charge on any atom is -0.0144 e. The highest BCUT2D eigenvalue weighted by atomic mass is 14.3. The molecule has 0 saturated heterocycles. The van der Waals surface area contributed by atoms with E-state index in [1.54, 1.807) is 11.1 Å². The van der Waals surface area contributed by atoms with Crippen LogP contribution in [0.4, 0.5) is 0 Å². The average molecular weight is 206 g/mol. The van der Waals surface area contributed by atoms with Gasteiger partial charge >= 0.3 is 0 Å². The van der Waals surface area contributed by atoms with E-state index in [0.29, 0.717) is 5.41 Å². The van der Waals surface area contributed by atoms with Crippen LogP contribution in [0, 0.1) is 11.3 Å². The molecule has 1 aliphatic rings. The first-order valence-corrected chi connectivity index (χ1v) is 6.41. The van der Waals surface area contributed by atoms with Crippen LogP contribution in [-0.2, 0) is 0 Å². The van der Waals surface area contributed by atoms with Crippen LogP contribution in [-0.4, -0.2) is 0 Å². The normalized spacial score (nSPS) is 19.5. The lowest BCUT2D eigenvalue weighted by atomic mass is 9.76. The highest BCUT2D eigenvalue weighted by Gasteiger charge is 2.22. The first kappa shape index (κ1) is 12.5. The van der Waals surface area contributed by atoms with Crippen molar-refractivity contribution in [2.45, 2.75) is 60.3 Å². The molecule has 15 heavy (non-hydrogen) atoms. The Morgan fingerprint density at radius 1 is 1.20 bits per heavy atom. The van der Waals surface area contributed by atoms with E-state index in [0.717, 1.165) is 5.92 Å². The third-order valence-electron chi connectivity index (χ3n) is 4.18. The molecule has 0 spiro atoms. The van der Waals surface area contributed by atoms with Crippen LogP contribution in [0.1, 0.15) is 60.3 Å². The largest absolute Gasteiger partial charge is 0.0671 e. The number of rotatable bonds is 4. The number of allylic oxidation sites excluding steroid dienone is 4. The van der Waals surface area contributed by atoms with E-state index in [4.69, 9.17) is 0 Å². The van der Waals surface area contributed by atoms with Crippen LogP contribution in [0.2, 0.25) is 0 Å². The summed E-state index contributed by atoms with van der Waals surface area (Å²) in [6, 6.07) is 0. The smallest absolute Gasteiger partial charge is 0.0144 e. The van der Waals surface area contributed by atoms with Crippen molar-refractivity contribution in [1.29, 1.82) is 0 Å². The molecule has 0 bridgehead atoms. The molecule has 0 saturated carbocycles. The second kappa shape index (κ2) is 5.01. The minimum Gasteiger partial charge on any atom is -0.0671 e. The molecule has 86 valence electrons. The second-order valence-corrected chi connectivity index (χ2v) is 5.48. The molecule has 0 heteroatoms. The summed E-state index contributed by atoms with van der Waals surface area (Å²) in [7, 11) is 0. The maximum atomic E-state index is 2.38. The number of hydrogen-bond acceptors (Lipinski definition) is 0. The monoisotopic (exact) mass is 206 g/mol. The Balaban J connectivity index is 2.76. The minimum atomic E-state index is 0.400. The van der Waals surface area contributed by atoms with Gasteiger partial charge in [0.2, 0.25) is 0 Å². The molecule has 0 fully saturated rings. The van der Waals surface area contributed by atoms with Crippen molar-refractivity contribution in [3.8, 4) is 0 Å². The Morgan fingerprint density at radius 3 is 2.27 bits per heavy atom. The first-order valence-electron chi connectivity index (χ1n) is 6.41. The summed E-state index contributed by atoms with van der Waals surface area (Å²) in [5, 5.41) is 0. The van der Waals surface area contributed by atoms with E-state index in [1.807, 2.05) is 0 Å². The molecule has 1 rings (SSSR count). The van der Waals surface area contributed by atoms with Gasteiger partial charge in [-0.15, -0.1) is 0 Å². The zero-order valence-electron chi connectivity index (χ0n) is 11.1.